The number of benzene rings is 2. The van der Waals surface area contributed by atoms with Crippen molar-refractivity contribution in [2.75, 3.05) is 19.1 Å². The van der Waals surface area contributed by atoms with Crippen molar-refractivity contribution in [3.8, 4) is 17.2 Å². The van der Waals surface area contributed by atoms with Crippen LogP contribution in [0.25, 0.3) is 0 Å². The van der Waals surface area contributed by atoms with Crippen LogP contribution >= 0.6 is 15.9 Å². The molecule has 8 nitrogen and oxygen atoms in total. The zero-order chi connectivity index (χ0) is 28.5. The van der Waals surface area contributed by atoms with E-state index in [-0.39, 0.29) is 47.1 Å². The number of carbonyl (C=O) groups excluding carboxylic acids is 4. The van der Waals surface area contributed by atoms with Crippen molar-refractivity contribution >= 4 is 45.0 Å². The predicted molar refractivity (Wildman–Crippen MR) is 149 cm³/mol. The van der Waals surface area contributed by atoms with E-state index in [1.54, 1.807) is 43.3 Å². The molecule has 4 atom stereocenters. The van der Waals surface area contributed by atoms with Crippen molar-refractivity contribution in [2.45, 2.75) is 25.7 Å². The normalized spacial score (nSPS) is 25.8. The lowest BCUT2D eigenvalue weighted by atomic mass is 9.59. The van der Waals surface area contributed by atoms with Gasteiger partial charge < -0.3 is 14.6 Å². The minimum absolute atomic E-state index is 0.156. The van der Waals surface area contributed by atoms with Crippen LogP contribution in [0.4, 0.5) is 5.69 Å². The Kier molecular flexibility index (Phi) is 6.29. The Bertz CT molecular complexity index is 1570. The number of fused-ring (bicyclic) bond motifs is 3. The average molecular weight is 604 g/mol. The highest BCUT2D eigenvalue weighted by atomic mass is 79.9. The summed E-state index contributed by atoms with van der Waals surface area (Å²) in [5.74, 6) is -3.33. The number of carbonyl (C=O) groups is 4. The maximum Gasteiger partial charge on any atom is 0.238 e. The number of phenols is 1. The highest BCUT2D eigenvalue weighted by molar-refractivity contribution is 9.10. The summed E-state index contributed by atoms with van der Waals surface area (Å²) in [5.41, 5.74) is 2.96. The van der Waals surface area contributed by atoms with Gasteiger partial charge in [-0.3, -0.25) is 24.1 Å². The molecule has 9 heteroatoms. The summed E-state index contributed by atoms with van der Waals surface area (Å²) in [6.07, 6.45) is 3.82. The molecular formula is C31H26BrNO7. The van der Waals surface area contributed by atoms with Crippen LogP contribution in [0.2, 0.25) is 0 Å². The zero-order valence-electron chi connectivity index (χ0n) is 22.1. The Labute approximate surface area is 239 Å². The number of hydrogen-bond acceptors (Lipinski definition) is 7. The largest absolute Gasteiger partial charge is 0.502 e. The minimum atomic E-state index is -0.678. The number of halogens is 1. The first-order valence-corrected chi connectivity index (χ1v) is 13.7. The van der Waals surface area contributed by atoms with Crippen LogP contribution in [-0.4, -0.2) is 42.7 Å². The standard InChI is InChI=1S/C31H26BrNO7/c1-14-10-22(34)21-13-20-18(25(27(21)28(14)35)15-11-23(39-2)29(36)24(12-15)40-3)8-9-19-26(20)31(38)33(30(19)37)17-6-4-16(32)5-7-17/h4-8,10-12,19-20,25-26,36H,9,13H2,1-3H3/t19-,20+,25-,26-/m0/s1. The summed E-state index contributed by atoms with van der Waals surface area (Å²) in [7, 11) is 2.83. The average Bonchev–Trinajstić information content (AvgIpc) is 3.21. The molecule has 40 heavy (non-hydrogen) atoms. The molecule has 0 unspecified atom stereocenters. The van der Waals surface area contributed by atoms with E-state index < -0.39 is 23.7 Å². The third-order valence-electron chi connectivity index (χ3n) is 8.49. The molecule has 204 valence electrons. The van der Waals surface area contributed by atoms with Gasteiger partial charge in [-0.05, 0) is 73.7 Å². The second-order valence-electron chi connectivity index (χ2n) is 10.5. The number of anilines is 1. The Balaban J connectivity index is 1.51. The molecule has 6 rings (SSSR count). The summed E-state index contributed by atoms with van der Waals surface area (Å²) in [4.78, 5) is 55.7. The molecule has 0 aromatic heterocycles. The van der Waals surface area contributed by atoms with Crippen LogP contribution in [0.5, 0.6) is 17.2 Å². The van der Waals surface area contributed by atoms with Crippen molar-refractivity contribution in [1.82, 2.24) is 0 Å². The summed E-state index contributed by atoms with van der Waals surface area (Å²) in [6.45, 7) is 1.62. The maximum atomic E-state index is 14.0. The fourth-order valence-corrected chi connectivity index (χ4v) is 6.93. The van der Waals surface area contributed by atoms with Gasteiger partial charge in [0.2, 0.25) is 17.6 Å². The van der Waals surface area contributed by atoms with E-state index in [0.717, 1.165) is 10.0 Å². The highest BCUT2D eigenvalue weighted by Crippen LogP contribution is 2.56. The molecule has 1 N–H and O–H groups in total. The molecule has 2 aromatic rings. The van der Waals surface area contributed by atoms with Crippen LogP contribution in [0.1, 0.15) is 31.2 Å². The molecule has 0 radical (unpaired) electrons. The van der Waals surface area contributed by atoms with Crippen LogP contribution in [-0.2, 0) is 19.2 Å². The second-order valence-corrected chi connectivity index (χ2v) is 11.4. The van der Waals surface area contributed by atoms with Crippen LogP contribution in [0.3, 0.4) is 0 Å². The van der Waals surface area contributed by atoms with Crippen molar-refractivity contribution < 1.29 is 33.8 Å². The lowest BCUT2D eigenvalue weighted by Gasteiger charge is -2.42. The van der Waals surface area contributed by atoms with Gasteiger partial charge in [0.15, 0.2) is 23.1 Å². The van der Waals surface area contributed by atoms with E-state index in [1.807, 2.05) is 6.08 Å². The molecule has 2 aromatic carbocycles. The first kappa shape index (κ1) is 26.3. The van der Waals surface area contributed by atoms with Gasteiger partial charge in [0.05, 0.1) is 31.7 Å². The monoisotopic (exact) mass is 603 g/mol. The number of aromatic hydroxyl groups is 1. The van der Waals surface area contributed by atoms with Gasteiger partial charge in [-0.15, -0.1) is 0 Å². The molecule has 1 heterocycles. The molecular weight excluding hydrogens is 578 g/mol. The Morgan fingerprint density at radius 2 is 1.60 bits per heavy atom. The van der Waals surface area contributed by atoms with E-state index >= 15 is 0 Å². The molecule has 0 spiro atoms. The smallest absolute Gasteiger partial charge is 0.238 e. The number of ether oxygens (including phenoxy) is 2. The van der Waals surface area contributed by atoms with Crippen molar-refractivity contribution in [3.63, 3.8) is 0 Å². The molecule has 3 aliphatic carbocycles. The van der Waals surface area contributed by atoms with E-state index in [1.165, 1.54) is 25.2 Å². The van der Waals surface area contributed by atoms with Gasteiger partial charge in [0.25, 0.3) is 0 Å². The van der Waals surface area contributed by atoms with E-state index in [9.17, 15) is 24.3 Å². The first-order chi connectivity index (χ1) is 19.2. The molecule has 1 fully saturated rings. The summed E-state index contributed by atoms with van der Waals surface area (Å²) >= 11 is 3.39. The van der Waals surface area contributed by atoms with Crippen molar-refractivity contribution in [1.29, 1.82) is 0 Å². The number of amides is 2. The maximum absolute atomic E-state index is 14.0. The quantitative estimate of drug-likeness (QED) is 0.303. The van der Waals surface area contributed by atoms with Crippen LogP contribution < -0.4 is 14.4 Å². The van der Waals surface area contributed by atoms with Gasteiger partial charge in [-0.25, -0.2) is 0 Å². The third kappa shape index (κ3) is 3.78. The number of rotatable bonds is 4. The number of hydrogen-bond donors (Lipinski definition) is 1. The SMILES string of the molecule is COc1cc([C@H]2C3=CC[C@@H]4C(=O)N(c5ccc(Br)cc5)C(=O)[C@@H]4[C@@H]3CC3=C2C(=O)C(C)=CC3=O)cc(OC)c1O. The number of imide groups is 1. The Hall–Kier alpha value is -3.98. The Morgan fingerprint density at radius 3 is 2.23 bits per heavy atom. The summed E-state index contributed by atoms with van der Waals surface area (Å²) in [5, 5.41) is 10.6. The molecule has 1 aliphatic heterocycles. The zero-order valence-corrected chi connectivity index (χ0v) is 23.7. The van der Waals surface area contributed by atoms with Gasteiger partial charge in [0.1, 0.15) is 0 Å². The number of allylic oxidation sites excluding steroid dienone is 6. The first-order valence-electron chi connectivity index (χ1n) is 12.9. The number of ketones is 2. The fourth-order valence-electron chi connectivity index (χ4n) is 6.67. The van der Waals surface area contributed by atoms with E-state index in [4.69, 9.17) is 9.47 Å². The number of phenolic OH excluding ortho intramolecular Hbond substituents is 1. The highest BCUT2D eigenvalue weighted by Gasteiger charge is 2.56. The van der Waals surface area contributed by atoms with E-state index in [0.29, 0.717) is 34.4 Å². The van der Waals surface area contributed by atoms with Crippen molar-refractivity contribution in [3.05, 3.63) is 80.9 Å². The van der Waals surface area contributed by atoms with Gasteiger partial charge >= 0.3 is 0 Å². The van der Waals surface area contributed by atoms with Gasteiger partial charge in [-0.2, -0.15) is 0 Å². The lowest BCUT2D eigenvalue weighted by Crippen LogP contribution is -2.39. The minimum Gasteiger partial charge on any atom is -0.502 e. The predicted octanol–water partition coefficient (Wildman–Crippen LogP) is 4.81. The number of methoxy groups -OCH3 is 2. The second kappa shape index (κ2) is 9.59. The fraction of sp³-hybridized carbons (Fsp3) is 0.290. The molecule has 0 bridgehead atoms. The van der Waals surface area contributed by atoms with Gasteiger partial charge in [0, 0.05) is 27.1 Å². The van der Waals surface area contributed by atoms with E-state index in [2.05, 4.69) is 15.9 Å². The number of nitrogens with zero attached hydrogens (tertiary/aromatic N) is 1. The van der Waals surface area contributed by atoms with Crippen LogP contribution in [0.15, 0.2) is 75.3 Å². The topological polar surface area (TPSA) is 110 Å². The summed E-state index contributed by atoms with van der Waals surface area (Å²) < 4.78 is 11.6. The molecule has 4 aliphatic rings. The molecule has 0 saturated carbocycles. The third-order valence-corrected chi connectivity index (χ3v) is 9.01. The Morgan fingerprint density at radius 1 is 0.950 bits per heavy atom. The molecule has 2 amide bonds. The number of Topliss-reactive ketones (excluding diaryl/α,β-unsaturated/α-hetero) is 1. The molecule has 1 saturated heterocycles. The van der Waals surface area contributed by atoms with Gasteiger partial charge in [-0.1, -0.05) is 27.6 Å². The summed E-state index contributed by atoms with van der Waals surface area (Å²) in [6, 6.07) is 10.3. The lowest BCUT2D eigenvalue weighted by molar-refractivity contribution is -0.123. The van der Waals surface area contributed by atoms with Crippen molar-refractivity contribution in [2.24, 2.45) is 17.8 Å². The van der Waals surface area contributed by atoms with Crippen LogP contribution in [0, 0.1) is 17.8 Å².